The molecule has 3 aromatic rings. The molecule has 0 atom stereocenters. The number of nitrogen functional groups attached to an aromatic ring is 1. The smallest absolute Gasteiger partial charge is 0.244 e. The maximum absolute atomic E-state index is 5.92. The van der Waals surface area contributed by atoms with E-state index in [0.29, 0.717) is 18.4 Å². The first-order valence-corrected chi connectivity index (χ1v) is 6.80. The van der Waals surface area contributed by atoms with Gasteiger partial charge in [-0.3, -0.25) is 0 Å². The van der Waals surface area contributed by atoms with E-state index < -0.39 is 0 Å². The quantitative estimate of drug-likeness (QED) is 0.776. The fourth-order valence-corrected chi connectivity index (χ4v) is 2.16. The second-order valence-electron chi connectivity index (χ2n) is 4.88. The molecule has 0 bridgehead atoms. The van der Waals surface area contributed by atoms with Gasteiger partial charge >= 0.3 is 0 Å². The summed E-state index contributed by atoms with van der Waals surface area (Å²) in [4.78, 5) is 4.24. The Balaban J connectivity index is 0.00000176. The second-order valence-corrected chi connectivity index (χ2v) is 4.88. The van der Waals surface area contributed by atoms with E-state index in [2.05, 4.69) is 40.5 Å². The average molecular weight is 316 g/mol. The number of nitrogens with one attached hydrogen (secondary N) is 1. The summed E-state index contributed by atoms with van der Waals surface area (Å²) in [6.45, 7) is 2.74. The molecular weight excluding hydrogens is 298 g/mol. The number of hydrogen-bond acceptors (Lipinski definition) is 4. The molecular formula is C16H18ClN5. The molecule has 3 N–H and O–H groups in total. The maximum Gasteiger partial charge on any atom is 0.244 e. The van der Waals surface area contributed by atoms with Crippen molar-refractivity contribution in [1.29, 1.82) is 0 Å². The van der Waals surface area contributed by atoms with E-state index in [1.165, 1.54) is 11.1 Å². The van der Waals surface area contributed by atoms with Crippen LogP contribution in [0.4, 0.5) is 11.9 Å². The molecule has 114 valence electrons. The fourth-order valence-electron chi connectivity index (χ4n) is 2.16. The molecule has 0 fully saturated rings. The number of halogens is 1. The summed E-state index contributed by atoms with van der Waals surface area (Å²) < 4.78 is 1.62. The van der Waals surface area contributed by atoms with E-state index >= 15 is 0 Å². The first-order chi connectivity index (χ1) is 10.2. The van der Waals surface area contributed by atoms with Gasteiger partial charge in [-0.25, -0.2) is 0 Å². The summed E-state index contributed by atoms with van der Waals surface area (Å²) in [6.07, 6.45) is 0. The van der Waals surface area contributed by atoms with Crippen molar-refractivity contribution in [1.82, 2.24) is 14.8 Å². The van der Waals surface area contributed by atoms with Crippen LogP contribution in [0.5, 0.6) is 0 Å². The van der Waals surface area contributed by atoms with Gasteiger partial charge in [0.15, 0.2) is 0 Å². The Hall–Kier alpha value is -2.53. The molecule has 0 radical (unpaired) electrons. The molecule has 0 spiro atoms. The van der Waals surface area contributed by atoms with Crippen molar-refractivity contribution >= 4 is 24.3 Å². The van der Waals surface area contributed by atoms with E-state index in [-0.39, 0.29) is 12.4 Å². The number of aromatic nitrogens is 3. The van der Waals surface area contributed by atoms with Gasteiger partial charge in [-0.2, -0.15) is 9.67 Å². The lowest BCUT2D eigenvalue weighted by atomic mass is 10.1. The number of nitrogens with zero attached hydrogens (tertiary/aromatic N) is 3. The predicted molar refractivity (Wildman–Crippen MR) is 91.5 cm³/mol. The molecule has 0 saturated heterocycles. The van der Waals surface area contributed by atoms with Gasteiger partial charge in [0.2, 0.25) is 11.9 Å². The monoisotopic (exact) mass is 315 g/mol. The number of benzene rings is 2. The lowest BCUT2D eigenvalue weighted by molar-refractivity contribution is 0.887. The molecule has 2 aromatic carbocycles. The third-order valence-electron chi connectivity index (χ3n) is 3.17. The summed E-state index contributed by atoms with van der Waals surface area (Å²) in [5, 5.41) is 7.58. The minimum Gasteiger partial charge on any atom is -0.368 e. The Morgan fingerprint density at radius 3 is 2.59 bits per heavy atom. The fraction of sp³-hybridized carbons (Fsp3) is 0.125. The zero-order chi connectivity index (χ0) is 14.7. The molecule has 0 saturated carbocycles. The molecule has 0 aliphatic rings. The van der Waals surface area contributed by atoms with E-state index in [4.69, 9.17) is 5.73 Å². The van der Waals surface area contributed by atoms with Crippen LogP contribution in [0.3, 0.4) is 0 Å². The molecule has 0 aliphatic heterocycles. The van der Waals surface area contributed by atoms with Crippen molar-refractivity contribution in [3.8, 4) is 5.69 Å². The van der Waals surface area contributed by atoms with Crippen molar-refractivity contribution in [3.63, 3.8) is 0 Å². The van der Waals surface area contributed by atoms with Crippen LogP contribution in [0, 0.1) is 6.92 Å². The van der Waals surface area contributed by atoms with E-state index in [0.717, 1.165) is 5.69 Å². The Morgan fingerprint density at radius 2 is 1.86 bits per heavy atom. The van der Waals surface area contributed by atoms with Gasteiger partial charge < -0.3 is 11.1 Å². The zero-order valence-corrected chi connectivity index (χ0v) is 13.0. The van der Waals surface area contributed by atoms with Gasteiger partial charge in [0.05, 0.1) is 5.69 Å². The first-order valence-electron chi connectivity index (χ1n) is 6.80. The minimum absolute atomic E-state index is 0. The number of anilines is 2. The van der Waals surface area contributed by atoms with Crippen LogP contribution in [0.25, 0.3) is 5.69 Å². The molecule has 1 aromatic heterocycles. The van der Waals surface area contributed by atoms with Crippen LogP contribution < -0.4 is 11.1 Å². The Kier molecular flexibility index (Phi) is 5.01. The van der Waals surface area contributed by atoms with Gasteiger partial charge in [0.1, 0.15) is 0 Å². The average Bonchev–Trinajstić information content (AvgIpc) is 2.87. The van der Waals surface area contributed by atoms with E-state index in [9.17, 15) is 0 Å². The van der Waals surface area contributed by atoms with Crippen molar-refractivity contribution < 1.29 is 0 Å². The third kappa shape index (κ3) is 3.56. The minimum atomic E-state index is 0. The predicted octanol–water partition coefficient (Wildman–Crippen LogP) is 3.19. The Morgan fingerprint density at radius 1 is 1.09 bits per heavy atom. The van der Waals surface area contributed by atoms with E-state index in [1.807, 2.05) is 36.4 Å². The van der Waals surface area contributed by atoms with Gasteiger partial charge in [0.25, 0.3) is 0 Å². The highest BCUT2D eigenvalue weighted by Gasteiger charge is 2.08. The van der Waals surface area contributed by atoms with Crippen LogP contribution in [-0.4, -0.2) is 14.8 Å². The number of rotatable bonds is 4. The molecule has 0 aliphatic carbocycles. The molecule has 3 rings (SSSR count). The SMILES string of the molecule is Cc1cccc(CNc2nc(N)n(-c3ccccc3)n2)c1.Cl. The normalized spacial score (nSPS) is 10.0. The van der Waals surface area contributed by atoms with Gasteiger partial charge in [-0.15, -0.1) is 17.5 Å². The molecule has 5 nitrogen and oxygen atoms in total. The number of aryl methyl sites for hydroxylation is 1. The lowest BCUT2D eigenvalue weighted by Gasteiger charge is -2.03. The first kappa shape index (κ1) is 15.9. The van der Waals surface area contributed by atoms with Gasteiger partial charge in [0, 0.05) is 6.54 Å². The van der Waals surface area contributed by atoms with Crippen molar-refractivity contribution in [2.45, 2.75) is 13.5 Å². The topological polar surface area (TPSA) is 68.8 Å². The highest BCUT2D eigenvalue weighted by Crippen LogP contribution is 2.14. The zero-order valence-electron chi connectivity index (χ0n) is 12.2. The highest BCUT2D eigenvalue weighted by molar-refractivity contribution is 5.85. The standard InChI is InChI=1S/C16H17N5.ClH/c1-12-6-5-7-13(10-12)11-18-16-19-15(17)21(20-16)14-8-3-2-4-9-14;/h2-10H,11H2,1H3,(H3,17,18,19,20);1H. The van der Waals surface area contributed by atoms with Crippen LogP contribution in [-0.2, 0) is 6.54 Å². The molecule has 0 unspecified atom stereocenters. The Bertz CT molecular complexity index is 739. The van der Waals surface area contributed by atoms with Crippen molar-refractivity contribution in [3.05, 3.63) is 65.7 Å². The number of hydrogen-bond donors (Lipinski definition) is 2. The lowest BCUT2D eigenvalue weighted by Crippen LogP contribution is -2.03. The molecule has 22 heavy (non-hydrogen) atoms. The summed E-state index contributed by atoms with van der Waals surface area (Å²) in [6, 6.07) is 18.0. The molecule has 0 amide bonds. The summed E-state index contributed by atoms with van der Waals surface area (Å²) >= 11 is 0. The van der Waals surface area contributed by atoms with Gasteiger partial charge in [-0.1, -0.05) is 48.0 Å². The maximum atomic E-state index is 5.92. The van der Waals surface area contributed by atoms with Crippen LogP contribution in [0.1, 0.15) is 11.1 Å². The second kappa shape index (κ2) is 6.95. The summed E-state index contributed by atoms with van der Waals surface area (Å²) in [5.41, 5.74) is 9.23. The molecule has 1 heterocycles. The number of nitrogens with two attached hydrogens (primary N) is 1. The summed E-state index contributed by atoms with van der Waals surface area (Å²) in [5.74, 6) is 0.894. The third-order valence-corrected chi connectivity index (χ3v) is 3.17. The van der Waals surface area contributed by atoms with Crippen LogP contribution >= 0.6 is 12.4 Å². The van der Waals surface area contributed by atoms with Crippen LogP contribution in [0.15, 0.2) is 54.6 Å². The molecule has 6 heteroatoms. The highest BCUT2D eigenvalue weighted by atomic mass is 35.5. The van der Waals surface area contributed by atoms with Gasteiger partial charge in [-0.05, 0) is 24.6 Å². The van der Waals surface area contributed by atoms with Crippen molar-refractivity contribution in [2.75, 3.05) is 11.1 Å². The summed E-state index contributed by atoms with van der Waals surface area (Å²) in [7, 11) is 0. The largest absolute Gasteiger partial charge is 0.368 e. The van der Waals surface area contributed by atoms with Crippen molar-refractivity contribution in [2.24, 2.45) is 0 Å². The van der Waals surface area contributed by atoms with Crippen LogP contribution in [0.2, 0.25) is 0 Å². The Labute approximate surface area is 135 Å². The number of para-hydroxylation sites is 1. The van der Waals surface area contributed by atoms with E-state index in [1.54, 1.807) is 4.68 Å².